The summed E-state index contributed by atoms with van der Waals surface area (Å²) in [6.07, 6.45) is 7.06. The van der Waals surface area contributed by atoms with Gasteiger partial charge in [0.05, 0.1) is 5.56 Å². The maximum atomic E-state index is 13.2. The molecule has 0 fully saturated rings. The van der Waals surface area contributed by atoms with Crippen LogP contribution in [0.1, 0.15) is 43.0 Å². The summed E-state index contributed by atoms with van der Waals surface area (Å²) in [6.45, 7) is 2.09. The molecule has 0 N–H and O–H groups in total. The summed E-state index contributed by atoms with van der Waals surface area (Å²) in [5.74, 6) is -6.27. The lowest BCUT2D eigenvalue weighted by Crippen LogP contribution is -2.10. The predicted octanol–water partition coefficient (Wildman–Crippen LogP) is 5.37. The topological polar surface area (TPSA) is 52.6 Å². The van der Waals surface area contributed by atoms with E-state index >= 15 is 0 Å². The van der Waals surface area contributed by atoms with Crippen LogP contribution in [0.2, 0.25) is 0 Å². The molecule has 7 heteroatoms. The molecule has 148 valence electrons. The Hall–Kier alpha value is -3.09. The highest BCUT2D eigenvalue weighted by Gasteiger charge is 2.15. The van der Waals surface area contributed by atoms with Gasteiger partial charge in [-0.25, -0.2) is 22.8 Å². The molecular weight excluding hydrogens is 373 g/mol. The predicted molar refractivity (Wildman–Crippen MR) is 96.6 cm³/mol. The summed E-state index contributed by atoms with van der Waals surface area (Å²) in [7, 11) is 0. The van der Waals surface area contributed by atoms with Gasteiger partial charge in [-0.15, -0.1) is 0 Å². The van der Waals surface area contributed by atoms with Gasteiger partial charge in [0.1, 0.15) is 11.5 Å². The van der Waals surface area contributed by atoms with Crippen LogP contribution in [0.3, 0.4) is 0 Å². The summed E-state index contributed by atoms with van der Waals surface area (Å²) < 4.78 is 49.1. The molecule has 0 radical (unpaired) electrons. The van der Waals surface area contributed by atoms with E-state index in [2.05, 4.69) is 6.92 Å². The zero-order chi connectivity index (χ0) is 20.5. The fourth-order valence-electron chi connectivity index (χ4n) is 2.26. The van der Waals surface area contributed by atoms with Crippen LogP contribution in [0.5, 0.6) is 11.5 Å². The molecule has 0 saturated carbocycles. The average Bonchev–Trinajstić information content (AvgIpc) is 2.66. The first-order valence-electron chi connectivity index (χ1n) is 8.76. The molecule has 0 bridgehead atoms. The van der Waals surface area contributed by atoms with Crippen molar-refractivity contribution in [2.45, 2.75) is 32.6 Å². The second kappa shape index (κ2) is 10.3. The fourth-order valence-corrected chi connectivity index (χ4v) is 2.26. The number of allylic oxidation sites excluding steroid dienone is 1. The number of esters is 2. The lowest BCUT2D eigenvalue weighted by Gasteiger charge is -2.06. The van der Waals surface area contributed by atoms with Crippen molar-refractivity contribution in [3.8, 4) is 11.5 Å². The molecule has 0 unspecified atom stereocenters. The average molecular weight is 392 g/mol. The molecule has 0 atom stereocenters. The van der Waals surface area contributed by atoms with Crippen molar-refractivity contribution < 1.29 is 32.2 Å². The molecule has 0 spiro atoms. The van der Waals surface area contributed by atoms with Gasteiger partial charge in [0.25, 0.3) is 0 Å². The van der Waals surface area contributed by atoms with E-state index in [4.69, 9.17) is 9.47 Å². The van der Waals surface area contributed by atoms with Crippen LogP contribution in [0.25, 0.3) is 0 Å². The zero-order valence-corrected chi connectivity index (χ0v) is 15.2. The second-order valence-corrected chi connectivity index (χ2v) is 5.93. The van der Waals surface area contributed by atoms with Gasteiger partial charge in [0, 0.05) is 18.2 Å². The Bertz CT molecular complexity index is 837. The number of carbonyl (C=O) groups excluding carboxylic acids is 2. The molecule has 4 nitrogen and oxygen atoms in total. The number of ether oxygens (including phenoxy) is 2. The monoisotopic (exact) mass is 392 g/mol. The molecule has 0 aliphatic rings. The number of rotatable bonds is 8. The first kappa shape index (κ1) is 21.2. The first-order valence-corrected chi connectivity index (χ1v) is 8.76. The Morgan fingerprint density at radius 2 is 1.57 bits per heavy atom. The van der Waals surface area contributed by atoms with Crippen LogP contribution in [-0.4, -0.2) is 11.9 Å². The fraction of sp³-hybridized carbons (Fsp3) is 0.238. The van der Waals surface area contributed by atoms with E-state index in [9.17, 15) is 22.8 Å². The Labute approximate surface area is 160 Å². The van der Waals surface area contributed by atoms with E-state index in [-0.39, 0.29) is 11.3 Å². The number of unbranched alkanes of at least 4 members (excludes halogenated alkanes) is 3. The third kappa shape index (κ3) is 6.26. The van der Waals surface area contributed by atoms with E-state index < -0.39 is 35.1 Å². The van der Waals surface area contributed by atoms with Crippen molar-refractivity contribution in [2.75, 3.05) is 0 Å². The van der Waals surface area contributed by atoms with Gasteiger partial charge < -0.3 is 9.47 Å². The van der Waals surface area contributed by atoms with Gasteiger partial charge in [-0.05, 0) is 37.1 Å². The van der Waals surface area contributed by atoms with Crippen molar-refractivity contribution in [1.29, 1.82) is 0 Å². The number of hydrogen-bond acceptors (Lipinski definition) is 4. The molecule has 0 aromatic heterocycles. The molecule has 2 aromatic carbocycles. The Balaban J connectivity index is 1.93. The van der Waals surface area contributed by atoms with Crippen LogP contribution in [0.15, 0.2) is 48.6 Å². The molecule has 28 heavy (non-hydrogen) atoms. The molecule has 2 rings (SSSR count). The van der Waals surface area contributed by atoms with E-state index in [1.807, 2.05) is 0 Å². The largest absolute Gasteiger partial charge is 0.423 e. The smallest absolute Gasteiger partial charge is 0.343 e. The Morgan fingerprint density at radius 3 is 2.18 bits per heavy atom. The summed E-state index contributed by atoms with van der Waals surface area (Å²) in [4.78, 5) is 23.7. The minimum absolute atomic E-state index is 0.0556. The molecule has 2 aromatic rings. The van der Waals surface area contributed by atoms with Crippen LogP contribution < -0.4 is 9.47 Å². The molecule has 0 aliphatic heterocycles. The Kier molecular flexibility index (Phi) is 7.80. The third-order valence-corrected chi connectivity index (χ3v) is 3.70. The normalized spacial score (nSPS) is 10.9. The number of halogens is 3. The summed E-state index contributed by atoms with van der Waals surface area (Å²) in [5, 5.41) is 0. The quantitative estimate of drug-likeness (QED) is 0.199. The van der Waals surface area contributed by atoms with Gasteiger partial charge in [-0.3, -0.25) is 0 Å². The maximum absolute atomic E-state index is 13.2. The third-order valence-electron chi connectivity index (χ3n) is 3.70. The van der Waals surface area contributed by atoms with Crippen molar-refractivity contribution in [1.82, 2.24) is 0 Å². The molecule has 0 saturated heterocycles. The SMILES string of the molecule is CCCCCC=CC(=O)Oc1ccc(C(=O)Oc2cc(F)c(F)c(F)c2)cc1. The summed E-state index contributed by atoms with van der Waals surface area (Å²) in [6, 6.07) is 6.55. The van der Waals surface area contributed by atoms with Gasteiger partial charge >= 0.3 is 11.9 Å². The molecule has 0 aliphatic carbocycles. The Morgan fingerprint density at radius 1 is 0.929 bits per heavy atom. The minimum atomic E-state index is -1.65. The van der Waals surface area contributed by atoms with E-state index in [1.165, 1.54) is 30.3 Å². The highest BCUT2D eigenvalue weighted by molar-refractivity contribution is 5.91. The number of benzene rings is 2. The van der Waals surface area contributed by atoms with Gasteiger partial charge in [0.15, 0.2) is 17.5 Å². The van der Waals surface area contributed by atoms with Gasteiger partial charge in [-0.2, -0.15) is 0 Å². The van der Waals surface area contributed by atoms with E-state index in [0.29, 0.717) is 12.1 Å². The van der Waals surface area contributed by atoms with Gasteiger partial charge in [0.2, 0.25) is 0 Å². The standard InChI is InChI=1S/C21H19F3O4/c1-2-3-4-5-6-7-19(25)27-15-10-8-14(9-11-15)21(26)28-16-12-17(22)20(24)18(23)13-16/h6-13H,2-5H2,1H3. The van der Waals surface area contributed by atoms with Crippen molar-refractivity contribution >= 4 is 11.9 Å². The summed E-state index contributed by atoms with van der Waals surface area (Å²) >= 11 is 0. The van der Waals surface area contributed by atoms with Crippen LogP contribution in [0, 0.1) is 17.5 Å². The van der Waals surface area contributed by atoms with Crippen molar-refractivity contribution in [2.24, 2.45) is 0 Å². The van der Waals surface area contributed by atoms with Crippen LogP contribution in [0.4, 0.5) is 13.2 Å². The second-order valence-electron chi connectivity index (χ2n) is 5.93. The highest BCUT2D eigenvalue weighted by atomic mass is 19.2. The lowest BCUT2D eigenvalue weighted by atomic mass is 10.2. The number of carbonyl (C=O) groups is 2. The molecule has 0 amide bonds. The number of hydrogen-bond donors (Lipinski definition) is 0. The van der Waals surface area contributed by atoms with Crippen LogP contribution >= 0.6 is 0 Å². The van der Waals surface area contributed by atoms with Crippen molar-refractivity contribution in [3.63, 3.8) is 0 Å². The highest BCUT2D eigenvalue weighted by Crippen LogP contribution is 2.21. The minimum Gasteiger partial charge on any atom is -0.423 e. The van der Waals surface area contributed by atoms with E-state index in [0.717, 1.165) is 25.7 Å². The van der Waals surface area contributed by atoms with Crippen LogP contribution in [-0.2, 0) is 4.79 Å². The van der Waals surface area contributed by atoms with Gasteiger partial charge in [-0.1, -0.05) is 25.8 Å². The lowest BCUT2D eigenvalue weighted by molar-refractivity contribution is -0.129. The first-order chi connectivity index (χ1) is 13.4. The molecular formula is C21H19F3O4. The van der Waals surface area contributed by atoms with E-state index in [1.54, 1.807) is 6.08 Å². The zero-order valence-electron chi connectivity index (χ0n) is 15.2. The molecule has 0 heterocycles. The van der Waals surface area contributed by atoms with Crippen molar-refractivity contribution in [3.05, 3.63) is 71.6 Å². The maximum Gasteiger partial charge on any atom is 0.343 e. The summed E-state index contributed by atoms with van der Waals surface area (Å²) in [5.41, 5.74) is 0.0556.